The Labute approximate surface area is 121 Å². The van der Waals surface area contributed by atoms with Crippen LogP contribution in [0.1, 0.15) is 31.2 Å². The first kappa shape index (κ1) is 14.3. The van der Waals surface area contributed by atoms with Crippen LogP contribution in [0.3, 0.4) is 0 Å². The van der Waals surface area contributed by atoms with Gasteiger partial charge in [0.25, 0.3) is 0 Å². The van der Waals surface area contributed by atoms with E-state index in [1.807, 2.05) is 19.1 Å². The van der Waals surface area contributed by atoms with Gasteiger partial charge in [0.05, 0.1) is 23.4 Å². The van der Waals surface area contributed by atoms with Crippen molar-refractivity contribution < 1.29 is 9.53 Å². The third-order valence-electron chi connectivity index (χ3n) is 3.71. The van der Waals surface area contributed by atoms with Crippen molar-refractivity contribution in [3.05, 3.63) is 22.2 Å². The van der Waals surface area contributed by atoms with E-state index < -0.39 is 0 Å². The predicted molar refractivity (Wildman–Crippen MR) is 80.1 cm³/mol. The van der Waals surface area contributed by atoms with Gasteiger partial charge in [-0.25, -0.2) is 0 Å². The summed E-state index contributed by atoms with van der Waals surface area (Å²) < 4.78 is 6.26. The minimum atomic E-state index is -0.268. The number of benzene rings is 1. The SMILES string of the molecule is COC1(CC(=O)Nc2c(N)cc(C)cc2Br)CCC1. The van der Waals surface area contributed by atoms with Crippen LogP contribution < -0.4 is 11.1 Å². The van der Waals surface area contributed by atoms with Gasteiger partial charge in [-0.1, -0.05) is 0 Å². The average molecular weight is 327 g/mol. The summed E-state index contributed by atoms with van der Waals surface area (Å²) in [7, 11) is 1.67. The van der Waals surface area contributed by atoms with Gasteiger partial charge in [-0.15, -0.1) is 0 Å². The van der Waals surface area contributed by atoms with Crippen LogP contribution >= 0.6 is 15.9 Å². The molecule has 0 aromatic heterocycles. The number of halogens is 1. The Morgan fingerprint density at radius 1 is 1.53 bits per heavy atom. The van der Waals surface area contributed by atoms with E-state index in [9.17, 15) is 4.79 Å². The summed E-state index contributed by atoms with van der Waals surface area (Å²) in [5, 5.41) is 2.87. The number of carbonyl (C=O) groups is 1. The molecule has 1 aliphatic carbocycles. The number of aryl methyl sites for hydroxylation is 1. The largest absolute Gasteiger partial charge is 0.397 e. The van der Waals surface area contributed by atoms with Crippen LogP contribution in [0.15, 0.2) is 16.6 Å². The lowest BCUT2D eigenvalue weighted by atomic mass is 9.77. The fourth-order valence-electron chi connectivity index (χ4n) is 2.40. The molecule has 3 N–H and O–H groups in total. The molecule has 0 bridgehead atoms. The molecule has 4 nitrogen and oxygen atoms in total. The van der Waals surface area contributed by atoms with Crippen molar-refractivity contribution in [2.75, 3.05) is 18.2 Å². The van der Waals surface area contributed by atoms with Gasteiger partial charge in [-0.2, -0.15) is 0 Å². The lowest BCUT2D eigenvalue weighted by molar-refractivity contribution is -0.129. The minimum absolute atomic E-state index is 0.0576. The van der Waals surface area contributed by atoms with Gasteiger partial charge in [0.15, 0.2) is 0 Å². The molecule has 0 unspecified atom stereocenters. The second kappa shape index (κ2) is 5.51. The molecule has 104 valence electrons. The monoisotopic (exact) mass is 326 g/mol. The van der Waals surface area contributed by atoms with Gasteiger partial charge in [0, 0.05) is 11.6 Å². The number of anilines is 2. The molecule has 19 heavy (non-hydrogen) atoms. The number of nitrogens with two attached hydrogens (primary N) is 1. The van der Waals surface area contributed by atoms with Gasteiger partial charge in [0.2, 0.25) is 5.91 Å². The molecule has 0 aliphatic heterocycles. The first-order chi connectivity index (χ1) is 8.96. The summed E-state index contributed by atoms with van der Waals surface area (Å²) in [6, 6.07) is 3.78. The standard InChI is InChI=1S/C14H19BrN2O2/c1-9-6-10(15)13(11(16)7-9)17-12(18)8-14(19-2)4-3-5-14/h6-7H,3-5,8,16H2,1-2H3,(H,17,18). The van der Waals surface area contributed by atoms with Gasteiger partial charge >= 0.3 is 0 Å². The molecule has 0 heterocycles. The number of carbonyl (C=O) groups excluding carboxylic acids is 1. The molecule has 1 aromatic carbocycles. The molecule has 5 heteroatoms. The maximum Gasteiger partial charge on any atom is 0.227 e. The summed E-state index contributed by atoms with van der Waals surface area (Å²) in [6.07, 6.45) is 3.39. The molecule has 2 rings (SSSR count). The second-order valence-electron chi connectivity index (χ2n) is 5.18. The Bertz CT molecular complexity index is 470. The van der Waals surface area contributed by atoms with E-state index in [4.69, 9.17) is 10.5 Å². The molecular weight excluding hydrogens is 308 g/mol. The van der Waals surface area contributed by atoms with E-state index in [0.29, 0.717) is 17.8 Å². The van der Waals surface area contributed by atoms with Crippen LogP contribution in [0.25, 0.3) is 0 Å². The molecule has 1 saturated carbocycles. The van der Waals surface area contributed by atoms with E-state index in [1.165, 1.54) is 0 Å². The summed E-state index contributed by atoms with van der Waals surface area (Å²) in [6.45, 7) is 1.96. The summed E-state index contributed by atoms with van der Waals surface area (Å²) >= 11 is 3.43. The van der Waals surface area contributed by atoms with Crippen LogP contribution in [0.5, 0.6) is 0 Å². The zero-order valence-electron chi connectivity index (χ0n) is 11.3. The maximum atomic E-state index is 12.1. The lowest BCUT2D eigenvalue weighted by Crippen LogP contribution is -2.42. The van der Waals surface area contributed by atoms with Crippen molar-refractivity contribution in [1.29, 1.82) is 0 Å². The molecular formula is C14H19BrN2O2. The van der Waals surface area contributed by atoms with Gasteiger partial charge in [-0.3, -0.25) is 4.79 Å². The maximum absolute atomic E-state index is 12.1. The zero-order chi connectivity index (χ0) is 14.0. The lowest BCUT2D eigenvalue weighted by Gasteiger charge is -2.39. The molecule has 0 saturated heterocycles. The van der Waals surface area contributed by atoms with Crippen molar-refractivity contribution in [1.82, 2.24) is 0 Å². The van der Waals surface area contributed by atoms with Crippen molar-refractivity contribution in [2.24, 2.45) is 0 Å². The van der Waals surface area contributed by atoms with E-state index in [-0.39, 0.29) is 11.5 Å². The zero-order valence-corrected chi connectivity index (χ0v) is 12.8. The normalized spacial score (nSPS) is 16.8. The Morgan fingerprint density at radius 3 is 2.68 bits per heavy atom. The summed E-state index contributed by atoms with van der Waals surface area (Å²) in [5.41, 5.74) is 7.93. The molecule has 1 amide bonds. The van der Waals surface area contributed by atoms with E-state index >= 15 is 0 Å². The van der Waals surface area contributed by atoms with Crippen LogP contribution in [0.2, 0.25) is 0 Å². The topological polar surface area (TPSA) is 64.3 Å². The first-order valence-corrected chi connectivity index (χ1v) is 7.16. The average Bonchev–Trinajstić information content (AvgIpc) is 2.28. The van der Waals surface area contributed by atoms with E-state index in [0.717, 1.165) is 29.3 Å². The van der Waals surface area contributed by atoms with Crippen molar-refractivity contribution in [3.63, 3.8) is 0 Å². The summed E-state index contributed by atoms with van der Waals surface area (Å²) in [5.74, 6) is -0.0576. The van der Waals surface area contributed by atoms with Crippen molar-refractivity contribution in [2.45, 2.75) is 38.2 Å². The number of hydrogen-bond acceptors (Lipinski definition) is 3. The van der Waals surface area contributed by atoms with Gasteiger partial charge in [0.1, 0.15) is 0 Å². The molecule has 1 aliphatic rings. The number of nitrogen functional groups attached to an aromatic ring is 1. The van der Waals surface area contributed by atoms with Crippen LogP contribution in [-0.2, 0) is 9.53 Å². The smallest absolute Gasteiger partial charge is 0.227 e. The highest BCUT2D eigenvalue weighted by Gasteiger charge is 2.39. The Morgan fingerprint density at radius 2 is 2.21 bits per heavy atom. The van der Waals surface area contributed by atoms with Crippen LogP contribution in [-0.4, -0.2) is 18.6 Å². The van der Waals surface area contributed by atoms with Crippen molar-refractivity contribution in [3.8, 4) is 0 Å². The second-order valence-corrected chi connectivity index (χ2v) is 6.03. The third-order valence-corrected chi connectivity index (χ3v) is 4.34. The molecule has 0 atom stereocenters. The number of ether oxygens (including phenoxy) is 1. The highest BCUT2D eigenvalue weighted by atomic mass is 79.9. The van der Waals surface area contributed by atoms with E-state index in [1.54, 1.807) is 7.11 Å². The number of nitrogens with one attached hydrogen (secondary N) is 1. The fourth-order valence-corrected chi connectivity index (χ4v) is 3.09. The molecule has 0 spiro atoms. The van der Waals surface area contributed by atoms with Crippen LogP contribution in [0.4, 0.5) is 11.4 Å². The number of hydrogen-bond donors (Lipinski definition) is 2. The van der Waals surface area contributed by atoms with Gasteiger partial charge < -0.3 is 15.8 Å². The number of rotatable bonds is 4. The number of amides is 1. The summed E-state index contributed by atoms with van der Waals surface area (Å²) in [4.78, 5) is 12.1. The minimum Gasteiger partial charge on any atom is -0.397 e. The first-order valence-electron chi connectivity index (χ1n) is 6.36. The number of methoxy groups -OCH3 is 1. The third kappa shape index (κ3) is 3.09. The fraction of sp³-hybridized carbons (Fsp3) is 0.500. The highest BCUT2D eigenvalue weighted by Crippen LogP contribution is 2.38. The van der Waals surface area contributed by atoms with E-state index in [2.05, 4.69) is 21.2 Å². The molecule has 1 aromatic rings. The Hall–Kier alpha value is -1.07. The Kier molecular flexibility index (Phi) is 4.16. The molecule has 0 radical (unpaired) electrons. The highest BCUT2D eigenvalue weighted by molar-refractivity contribution is 9.10. The Balaban J connectivity index is 2.07. The van der Waals surface area contributed by atoms with Crippen molar-refractivity contribution >= 4 is 33.2 Å². The van der Waals surface area contributed by atoms with Gasteiger partial charge in [-0.05, 0) is 59.8 Å². The quantitative estimate of drug-likeness (QED) is 0.835. The van der Waals surface area contributed by atoms with Crippen LogP contribution in [0, 0.1) is 6.92 Å². The predicted octanol–water partition coefficient (Wildman–Crippen LogP) is 3.24. The molecule has 1 fully saturated rings.